The van der Waals surface area contributed by atoms with Crippen molar-refractivity contribution >= 4 is 22.3 Å². The van der Waals surface area contributed by atoms with Crippen molar-refractivity contribution in [2.75, 3.05) is 29.1 Å². The Morgan fingerprint density at radius 2 is 2.27 bits per heavy atom. The molecule has 0 aromatic carbocycles. The lowest BCUT2D eigenvalue weighted by Gasteiger charge is -2.06. The number of nitrogens with two attached hydrogens (primary N) is 1. The van der Waals surface area contributed by atoms with Crippen LogP contribution in [-0.4, -0.2) is 27.2 Å². The highest BCUT2D eigenvalue weighted by molar-refractivity contribution is 7.84. The normalized spacial score (nSPS) is 12.4. The predicted molar refractivity (Wildman–Crippen MR) is 65.4 cm³/mol. The van der Waals surface area contributed by atoms with Crippen LogP contribution in [0.4, 0.5) is 11.5 Å². The highest BCUT2D eigenvalue weighted by Gasteiger charge is 1.99. The fourth-order valence-corrected chi connectivity index (χ4v) is 1.73. The van der Waals surface area contributed by atoms with E-state index in [2.05, 4.69) is 10.3 Å². The van der Waals surface area contributed by atoms with Gasteiger partial charge >= 0.3 is 0 Å². The summed E-state index contributed by atoms with van der Waals surface area (Å²) in [6.45, 7) is 4.46. The van der Waals surface area contributed by atoms with Gasteiger partial charge in [0.1, 0.15) is 5.82 Å². The number of pyridine rings is 1. The van der Waals surface area contributed by atoms with E-state index < -0.39 is 10.8 Å². The Kier molecular flexibility index (Phi) is 4.55. The molecular weight excluding hydrogens is 210 g/mol. The van der Waals surface area contributed by atoms with Crippen molar-refractivity contribution in [3.05, 3.63) is 17.8 Å². The van der Waals surface area contributed by atoms with Crippen LogP contribution in [0.25, 0.3) is 0 Å². The number of anilines is 2. The van der Waals surface area contributed by atoms with Gasteiger partial charge in [-0.1, -0.05) is 6.92 Å². The van der Waals surface area contributed by atoms with Crippen LogP contribution in [0.3, 0.4) is 0 Å². The van der Waals surface area contributed by atoms with Crippen LogP contribution in [-0.2, 0) is 10.8 Å². The lowest BCUT2D eigenvalue weighted by atomic mass is 10.3. The maximum absolute atomic E-state index is 11.2. The minimum Gasteiger partial charge on any atom is -0.397 e. The van der Waals surface area contributed by atoms with Crippen LogP contribution in [0.2, 0.25) is 0 Å². The van der Waals surface area contributed by atoms with Gasteiger partial charge in [0.25, 0.3) is 0 Å². The summed E-state index contributed by atoms with van der Waals surface area (Å²) in [7, 11) is -0.725. The van der Waals surface area contributed by atoms with Crippen LogP contribution < -0.4 is 11.1 Å². The second kappa shape index (κ2) is 5.70. The highest BCUT2D eigenvalue weighted by atomic mass is 32.2. The standard InChI is InChI=1S/C10H17N3OS/c1-3-15(14)7-6-12-10-5-4-9(11)8(2)13-10/h4-5H,3,6-7,11H2,1-2H3,(H,12,13). The molecule has 1 atom stereocenters. The Hall–Kier alpha value is -1.10. The van der Waals surface area contributed by atoms with Crippen LogP contribution in [0.5, 0.6) is 0 Å². The molecule has 3 N–H and O–H groups in total. The topological polar surface area (TPSA) is 68.0 Å². The zero-order chi connectivity index (χ0) is 11.3. The lowest BCUT2D eigenvalue weighted by Crippen LogP contribution is -2.13. The summed E-state index contributed by atoms with van der Waals surface area (Å²) >= 11 is 0. The lowest BCUT2D eigenvalue weighted by molar-refractivity contribution is 0.684. The molecule has 0 aliphatic heterocycles. The monoisotopic (exact) mass is 227 g/mol. The van der Waals surface area contributed by atoms with E-state index in [0.29, 0.717) is 23.7 Å². The Bertz CT molecular complexity index is 355. The molecule has 1 heterocycles. The van der Waals surface area contributed by atoms with Crippen LogP contribution >= 0.6 is 0 Å². The number of hydrogen-bond donors (Lipinski definition) is 2. The van der Waals surface area contributed by atoms with E-state index >= 15 is 0 Å². The summed E-state index contributed by atoms with van der Waals surface area (Å²) in [6, 6.07) is 3.65. The van der Waals surface area contributed by atoms with E-state index in [1.165, 1.54) is 0 Å². The number of rotatable bonds is 5. The molecule has 0 saturated carbocycles. The average molecular weight is 227 g/mol. The molecule has 0 saturated heterocycles. The summed E-state index contributed by atoms with van der Waals surface area (Å²) < 4.78 is 11.2. The number of aromatic nitrogens is 1. The Morgan fingerprint density at radius 1 is 1.53 bits per heavy atom. The van der Waals surface area contributed by atoms with Crippen molar-refractivity contribution in [3.63, 3.8) is 0 Å². The van der Waals surface area contributed by atoms with Crippen molar-refractivity contribution in [2.24, 2.45) is 0 Å². The summed E-state index contributed by atoms with van der Waals surface area (Å²) in [5.41, 5.74) is 7.16. The third-order valence-electron chi connectivity index (χ3n) is 2.08. The molecular formula is C10H17N3OS. The molecule has 1 rings (SSSR count). The molecule has 4 nitrogen and oxygen atoms in total. The second-order valence-corrected chi connectivity index (χ2v) is 5.10. The van der Waals surface area contributed by atoms with Crippen molar-refractivity contribution < 1.29 is 4.21 Å². The molecule has 15 heavy (non-hydrogen) atoms. The van der Waals surface area contributed by atoms with E-state index in [1.807, 2.05) is 26.0 Å². The van der Waals surface area contributed by atoms with Crippen LogP contribution in [0.15, 0.2) is 12.1 Å². The number of nitrogen functional groups attached to an aromatic ring is 1. The van der Waals surface area contributed by atoms with Gasteiger partial charge in [-0.05, 0) is 19.1 Å². The summed E-state index contributed by atoms with van der Waals surface area (Å²) in [5.74, 6) is 2.15. The van der Waals surface area contributed by atoms with Crippen molar-refractivity contribution in [1.82, 2.24) is 4.98 Å². The molecule has 0 aliphatic rings. The first-order valence-corrected chi connectivity index (χ1v) is 6.44. The van der Waals surface area contributed by atoms with Crippen LogP contribution in [0.1, 0.15) is 12.6 Å². The molecule has 0 amide bonds. The third kappa shape index (κ3) is 3.87. The van der Waals surface area contributed by atoms with Gasteiger partial charge in [0.2, 0.25) is 0 Å². The molecule has 0 bridgehead atoms. The molecule has 84 valence electrons. The fraction of sp³-hybridized carbons (Fsp3) is 0.500. The predicted octanol–water partition coefficient (Wildman–Crippen LogP) is 1.15. The molecule has 0 aliphatic carbocycles. The fourth-order valence-electron chi connectivity index (χ4n) is 1.11. The number of hydrogen-bond acceptors (Lipinski definition) is 4. The first kappa shape index (κ1) is 12.0. The Balaban J connectivity index is 2.44. The molecule has 1 aromatic heterocycles. The molecule has 1 unspecified atom stereocenters. The molecule has 0 fully saturated rings. The van der Waals surface area contributed by atoms with Crippen molar-refractivity contribution in [1.29, 1.82) is 0 Å². The van der Waals surface area contributed by atoms with Gasteiger partial charge in [0.15, 0.2) is 0 Å². The molecule has 5 heteroatoms. The minimum absolute atomic E-state index is 0.654. The smallest absolute Gasteiger partial charge is 0.126 e. The zero-order valence-corrected chi connectivity index (χ0v) is 9.93. The Labute approximate surface area is 92.7 Å². The number of nitrogens with one attached hydrogen (secondary N) is 1. The summed E-state index contributed by atoms with van der Waals surface area (Å²) in [5, 5.41) is 3.12. The molecule has 1 aromatic rings. The van der Waals surface area contributed by atoms with Gasteiger partial charge in [-0.25, -0.2) is 4.98 Å². The highest BCUT2D eigenvalue weighted by Crippen LogP contribution is 2.11. The number of nitrogens with zero attached hydrogens (tertiary/aromatic N) is 1. The molecule has 0 spiro atoms. The zero-order valence-electron chi connectivity index (χ0n) is 9.12. The average Bonchev–Trinajstić information content (AvgIpc) is 2.23. The van der Waals surface area contributed by atoms with Gasteiger partial charge in [0, 0.05) is 28.9 Å². The van der Waals surface area contributed by atoms with E-state index in [0.717, 1.165) is 11.5 Å². The largest absolute Gasteiger partial charge is 0.397 e. The van der Waals surface area contributed by atoms with Gasteiger partial charge in [-0.15, -0.1) is 0 Å². The maximum Gasteiger partial charge on any atom is 0.126 e. The van der Waals surface area contributed by atoms with E-state index in [-0.39, 0.29) is 0 Å². The number of aryl methyl sites for hydroxylation is 1. The second-order valence-electron chi connectivity index (χ2n) is 3.23. The van der Waals surface area contributed by atoms with Crippen molar-refractivity contribution in [3.8, 4) is 0 Å². The van der Waals surface area contributed by atoms with Gasteiger partial charge in [-0.3, -0.25) is 4.21 Å². The minimum atomic E-state index is -0.725. The van der Waals surface area contributed by atoms with Gasteiger partial charge in [-0.2, -0.15) is 0 Å². The summed E-state index contributed by atoms with van der Waals surface area (Å²) in [6.07, 6.45) is 0. The quantitative estimate of drug-likeness (QED) is 0.792. The van der Waals surface area contributed by atoms with Crippen molar-refractivity contribution in [2.45, 2.75) is 13.8 Å². The SMILES string of the molecule is CCS(=O)CCNc1ccc(N)c(C)n1. The first-order valence-electron chi connectivity index (χ1n) is 4.95. The molecule has 0 radical (unpaired) electrons. The van der Waals surface area contributed by atoms with E-state index in [1.54, 1.807) is 0 Å². The Morgan fingerprint density at radius 3 is 2.87 bits per heavy atom. The maximum atomic E-state index is 11.2. The van der Waals surface area contributed by atoms with Gasteiger partial charge < -0.3 is 11.1 Å². The van der Waals surface area contributed by atoms with E-state index in [4.69, 9.17) is 5.73 Å². The van der Waals surface area contributed by atoms with Gasteiger partial charge in [0.05, 0.1) is 11.4 Å². The summed E-state index contributed by atoms with van der Waals surface area (Å²) in [4.78, 5) is 4.26. The van der Waals surface area contributed by atoms with E-state index in [9.17, 15) is 4.21 Å². The third-order valence-corrected chi connectivity index (χ3v) is 3.39. The first-order chi connectivity index (χ1) is 7.13. The van der Waals surface area contributed by atoms with Crippen LogP contribution in [0, 0.1) is 6.92 Å².